The SMILES string of the molecule is COC(C)(C)CCNc1ccc(S(C)(=O)=O)cc1. The van der Waals surface area contributed by atoms with E-state index < -0.39 is 9.84 Å². The van der Waals surface area contributed by atoms with E-state index in [1.54, 1.807) is 31.4 Å². The topological polar surface area (TPSA) is 55.4 Å². The van der Waals surface area contributed by atoms with E-state index in [1.165, 1.54) is 6.26 Å². The average molecular weight is 271 g/mol. The Hall–Kier alpha value is -1.07. The lowest BCUT2D eigenvalue weighted by molar-refractivity contribution is 0.0185. The normalized spacial score (nSPS) is 12.4. The highest BCUT2D eigenvalue weighted by atomic mass is 32.2. The van der Waals surface area contributed by atoms with Crippen molar-refractivity contribution in [2.24, 2.45) is 0 Å². The summed E-state index contributed by atoms with van der Waals surface area (Å²) < 4.78 is 27.9. The fourth-order valence-electron chi connectivity index (χ4n) is 1.43. The first-order valence-electron chi connectivity index (χ1n) is 5.84. The molecular weight excluding hydrogens is 250 g/mol. The van der Waals surface area contributed by atoms with Crippen LogP contribution in [0.4, 0.5) is 5.69 Å². The predicted molar refractivity (Wildman–Crippen MR) is 73.7 cm³/mol. The van der Waals surface area contributed by atoms with Crippen molar-refractivity contribution in [1.29, 1.82) is 0 Å². The molecule has 0 saturated carbocycles. The maximum atomic E-state index is 11.3. The summed E-state index contributed by atoms with van der Waals surface area (Å²) in [7, 11) is -1.42. The molecule has 0 unspecified atom stereocenters. The van der Waals surface area contributed by atoms with Gasteiger partial charge in [0.1, 0.15) is 0 Å². The third kappa shape index (κ3) is 4.66. The monoisotopic (exact) mass is 271 g/mol. The fourth-order valence-corrected chi connectivity index (χ4v) is 2.06. The van der Waals surface area contributed by atoms with Gasteiger partial charge >= 0.3 is 0 Å². The molecule has 1 aromatic carbocycles. The predicted octanol–water partition coefficient (Wildman–Crippen LogP) is 2.32. The molecule has 0 amide bonds. The van der Waals surface area contributed by atoms with Gasteiger partial charge in [0, 0.05) is 25.6 Å². The molecule has 1 rings (SSSR count). The molecule has 5 heteroatoms. The van der Waals surface area contributed by atoms with Crippen LogP contribution in [0.25, 0.3) is 0 Å². The average Bonchev–Trinajstić information content (AvgIpc) is 2.28. The van der Waals surface area contributed by atoms with Crippen LogP contribution in [-0.2, 0) is 14.6 Å². The van der Waals surface area contributed by atoms with Gasteiger partial charge in [-0.2, -0.15) is 0 Å². The number of sulfone groups is 1. The number of ether oxygens (including phenoxy) is 1. The molecule has 0 aliphatic carbocycles. The Labute approximate surface area is 109 Å². The van der Waals surface area contributed by atoms with Crippen molar-refractivity contribution < 1.29 is 13.2 Å². The van der Waals surface area contributed by atoms with Gasteiger partial charge in [0.25, 0.3) is 0 Å². The van der Waals surface area contributed by atoms with E-state index in [2.05, 4.69) is 5.32 Å². The smallest absolute Gasteiger partial charge is 0.175 e. The standard InChI is InChI=1S/C13H21NO3S/c1-13(2,17-3)9-10-14-11-5-7-12(8-6-11)18(4,15)16/h5-8,14H,9-10H2,1-4H3. The maximum absolute atomic E-state index is 11.3. The molecular formula is C13H21NO3S. The Bertz CT molecular complexity index is 477. The van der Waals surface area contributed by atoms with Crippen molar-refractivity contribution in [3.63, 3.8) is 0 Å². The number of rotatable bonds is 6. The molecule has 0 aromatic heterocycles. The van der Waals surface area contributed by atoms with Gasteiger partial charge in [0.15, 0.2) is 9.84 Å². The van der Waals surface area contributed by atoms with Crippen LogP contribution in [-0.4, -0.2) is 33.9 Å². The van der Waals surface area contributed by atoms with Crippen molar-refractivity contribution in [1.82, 2.24) is 0 Å². The van der Waals surface area contributed by atoms with Crippen LogP contribution in [0.5, 0.6) is 0 Å². The second-order valence-electron chi connectivity index (χ2n) is 4.94. The van der Waals surface area contributed by atoms with Gasteiger partial charge in [-0.3, -0.25) is 0 Å². The molecule has 0 aliphatic rings. The Morgan fingerprint density at radius 1 is 1.22 bits per heavy atom. The lowest BCUT2D eigenvalue weighted by atomic mass is 10.1. The van der Waals surface area contributed by atoms with Crippen molar-refractivity contribution in [2.75, 3.05) is 25.2 Å². The minimum Gasteiger partial charge on any atom is -0.385 e. The van der Waals surface area contributed by atoms with Crippen molar-refractivity contribution >= 4 is 15.5 Å². The lowest BCUT2D eigenvalue weighted by Crippen LogP contribution is -2.25. The van der Waals surface area contributed by atoms with Crippen LogP contribution in [0.2, 0.25) is 0 Å². The van der Waals surface area contributed by atoms with E-state index in [4.69, 9.17) is 4.74 Å². The van der Waals surface area contributed by atoms with Crippen LogP contribution >= 0.6 is 0 Å². The third-order valence-corrected chi connectivity index (χ3v) is 4.02. The molecule has 0 heterocycles. The lowest BCUT2D eigenvalue weighted by Gasteiger charge is -2.23. The van der Waals surface area contributed by atoms with Gasteiger partial charge in [-0.25, -0.2) is 8.42 Å². The Morgan fingerprint density at radius 3 is 2.22 bits per heavy atom. The summed E-state index contributed by atoms with van der Waals surface area (Å²) in [4.78, 5) is 0.338. The molecule has 0 radical (unpaired) electrons. The van der Waals surface area contributed by atoms with Gasteiger partial charge in [-0.15, -0.1) is 0 Å². The van der Waals surface area contributed by atoms with Crippen molar-refractivity contribution in [2.45, 2.75) is 30.8 Å². The summed E-state index contributed by atoms with van der Waals surface area (Å²) in [6.45, 7) is 4.84. The van der Waals surface area contributed by atoms with Crippen LogP contribution in [0, 0.1) is 0 Å². The summed E-state index contributed by atoms with van der Waals surface area (Å²) in [5.41, 5.74) is 0.758. The van der Waals surface area contributed by atoms with E-state index in [0.29, 0.717) is 4.90 Å². The zero-order valence-electron chi connectivity index (χ0n) is 11.4. The van der Waals surface area contributed by atoms with E-state index in [0.717, 1.165) is 18.7 Å². The molecule has 4 nitrogen and oxygen atoms in total. The summed E-state index contributed by atoms with van der Waals surface area (Å²) >= 11 is 0. The van der Waals surface area contributed by atoms with E-state index in [1.807, 2.05) is 13.8 Å². The summed E-state index contributed by atoms with van der Waals surface area (Å²) in [6, 6.07) is 6.77. The first kappa shape index (κ1) is 15.0. The Kier molecular flexibility index (Phi) is 4.76. The number of hydrogen-bond donors (Lipinski definition) is 1. The minimum absolute atomic E-state index is 0.153. The van der Waals surface area contributed by atoms with Gasteiger partial charge in [0.2, 0.25) is 0 Å². The van der Waals surface area contributed by atoms with Gasteiger partial charge in [0.05, 0.1) is 10.5 Å². The quantitative estimate of drug-likeness (QED) is 0.862. The van der Waals surface area contributed by atoms with Crippen LogP contribution < -0.4 is 5.32 Å². The molecule has 0 fully saturated rings. The van der Waals surface area contributed by atoms with E-state index in [9.17, 15) is 8.42 Å². The minimum atomic E-state index is -3.12. The number of anilines is 1. The number of methoxy groups -OCH3 is 1. The highest BCUT2D eigenvalue weighted by Crippen LogP contribution is 2.16. The molecule has 0 spiro atoms. The highest BCUT2D eigenvalue weighted by Gasteiger charge is 2.15. The fraction of sp³-hybridized carbons (Fsp3) is 0.538. The van der Waals surface area contributed by atoms with E-state index >= 15 is 0 Å². The van der Waals surface area contributed by atoms with Gasteiger partial charge in [-0.1, -0.05) is 0 Å². The molecule has 0 saturated heterocycles. The number of benzene rings is 1. The van der Waals surface area contributed by atoms with Gasteiger partial charge in [-0.05, 0) is 44.5 Å². The Morgan fingerprint density at radius 2 is 1.78 bits per heavy atom. The van der Waals surface area contributed by atoms with Crippen LogP contribution in [0.15, 0.2) is 29.2 Å². The zero-order valence-corrected chi connectivity index (χ0v) is 12.2. The molecule has 102 valence electrons. The molecule has 0 atom stereocenters. The van der Waals surface area contributed by atoms with Crippen molar-refractivity contribution in [3.8, 4) is 0 Å². The second kappa shape index (κ2) is 5.71. The maximum Gasteiger partial charge on any atom is 0.175 e. The summed E-state index contributed by atoms with van der Waals surface area (Å²) in [5.74, 6) is 0. The van der Waals surface area contributed by atoms with Crippen molar-refractivity contribution in [3.05, 3.63) is 24.3 Å². The van der Waals surface area contributed by atoms with Crippen LogP contribution in [0.1, 0.15) is 20.3 Å². The third-order valence-electron chi connectivity index (χ3n) is 2.89. The summed E-state index contributed by atoms with van der Waals surface area (Å²) in [5, 5.41) is 3.24. The molecule has 0 bridgehead atoms. The second-order valence-corrected chi connectivity index (χ2v) is 6.95. The summed E-state index contributed by atoms with van der Waals surface area (Å²) in [6.07, 6.45) is 2.08. The molecule has 1 aromatic rings. The first-order valence-corrected chi connectivity index (χ1v) is 7.73. The number of nitrogens with one attached hydrogen (secondary N) is 1. The zero-order chi connectivity index (χ0) is 13.8. The molecule has 1 N–H and O–H groups in total. The highest BCUT2D eigenvalue weighted by molar-refractivity contribution is 7.90. The number of hydrogen-bond acceptors (Lipinski definition) is 4. The Balaban J connectivity index is 2.55. The van der Waals surface area contributed by atoms with E-state index in [-0.39, 0.29) is 5.60 Å². The molecule has 0 aliphatic heterocycles. The largest absolute Gasteiger partial charge is 0.385 e. The van der Waals surface area contributed by atoms with Gasteiger partial charge < -0.3 is 10.1 Å². The molecule has 18 heavy (non-hydrogen) atoms. The first-order chi connectivity index (χ1) is 8.24. The van der Waals surface area contributed by atoms with Crippen LogP contribution in [0.3, 0.4) is 0 Å².